The second-order valence-corrected chi connectivity index (χ2v) is 7.22. The molecule has 4 nitrogen and oxygen atoms in total. The van der Waals surface area contributed by atoms with Gasteiger partial charge in [0.05, 0.1) is 0 Å². The minimum Gasteiger partial charge on any atom is -0.355 e. The maximum Gasteiger partial charge on any atom is 0.191 e. The Morgan fingerprint density at radius 2 is 2.30 bits per heavy atom. The molecule has 1 saturated heterocycles. The number of guanidine groups is 1. The third kappa shape index (κ3) is 3.90. The maximum absolute atomic E-state index is 4.31. The molecule has 1 unspecified atom stereocenters. The molecule has 1 fully saturated rings. The fourth-order valence-electron chi connectivity index (χ4n) is 2.29. The number of thiophene rings is 1. The van der Waals surface area contributed by atoms with Crippen LogP contribution in [0.2, 0.25) is 0 Å². The van der Waals surface area contributed by atoms with Gasteiger partial charge in [0.25, 0.3) is 0 Å². The van der Waals surface area contributed by atoms with Crippen LogP contribution in [-0.2, 0) is 6.54 Å². The highest BCUT2D eigenvalue weighted by Gasteiger charge is 2.36. The molecule has 1 aliphatic heterocycles. The zero-order valence-corrected chi connectivity index (χ0v) is 14.1. The van der Waals surface area contributed by atoms with Crippen molar-refractivity contribution in [2.45, 2.75) is 18.5 Å². The zero-order valence-electron chi connectivity index (χ0n) is 12.5. The van der Waals surface area contributed by atoms with E-state index in [1.54, 1.807) is 11.3 Å². The molecule has 0 radical (unpaired) electrons. The minimum absolute atomic E-state index is 0.255. The average molecular weight is 313 g/mol. The van der Waals surface area contributed by atoms with Crippen LogP contribution in [0.5, 0.6) is 0 Å². The van der Waals surface area contributed by atoms with E-state index in [1.807, 2.05) is 18.8 Å². The van der Waals surface area contributed by atoms with Crippen LogP contribution in [-0.4, -0.2) is 55.6 Å². The first-order chi connectivity index (χ1) is 9.66. The van der Waals surface area contributed by atoms with Crippen LogP contribution in [0.15, 0.2) is 21.8 Å². The van der Waals surface area contributed by atoms with E-state index in [1.165, 1.54) is 23.5 Å². The van der Waals surface area contributed by atoms with Crippen molar-refractivity contribution in [2.24, 2.45) is 4.99 Å². The molecule has 0 bridgehead atoms. The smallest absolute Gasteiger partial charge is 0.191 e. The molecule has 2 N–H and O–H groups in total. The normalized spacial score (nSPS) is 23.3. The fraction of sp³-hybridized carbons (Fsp3) is 0.643. The number of nitrogens with zero attached hydrogens (tertiary/aromatic N) is 2. The third-order valence-corrected chi connectivity index (χ3v) is 5.85. The van der Waals surface area contributed by atoms with Gasteiger partial charge in [0.15, 0.2) is 5.96 Å². The molecule has 0 amide bonds. The van der Waals surface area contributed by atoms with Crippen molar-refractivity contribution < 1.29 is 0 Å². The standard InChI is InChI=1S/C14H24N4S2/c1-15-13(16-8-12-4-6-19-9-12)17-10-14(18(2)3)5-7-20-11-14/h4,6,9H,5,7-8,10-11H2,1-3H3,(H2,15,16,17). The molecule has 6 heteroatoms. The highest BCUT2D eigenvalue weighted by atomic mass is 32.2. The predicted molar refractivity (Wildman–Crippen MR) is 90.9 cm³/mol. The number of aliphatic imine (C=N–C) groups is 1. The number of rotatable bonds is 5. The second kappa shape index (κ2) is 7.33. The molecule has 0 spiro atoms. The van der Waals surface area contributed by atoms with E-state index in [9.17, 15) is 0 Å². The van der Waals surface area contributed by atoms with Gasteiger partial charge in [0.1, 0.15) is 0 Å². The van der Waals surface area contributed by atoms with Crippen molar-refractivity contribution in [3.05, 3.63) is 22.4 Å². The van der Waals surface area contributed by atoms with E-state index < -0.39 is 0 Å². The van der Waals surface area contributed by atoms with E-state index in [2.05, 4.69) is 51.4 Å². The minimum atomic E-state index is 0.255. The Kier molecular flexibility index (Phi) is 5.74. The lowest BCUT2D eigenvalue weighted by Crippen LogP contribution is -2.54. The Hall–Kier alpha value is -0.720. The fourth-order valence-corrected chi connectivity index (χ4v) is 4.52. The van der Waals surface area contributed by atoms with Gasteiger partial charge in [-0.15, -0.1) is 0 Å². The Morgan fingerprint density at radius 1 is 1.45 bits per heavy atom. The van der Waals surface area contributed by atoms with Gasteiger partial charge < -0.3 is 15.5 Å². The number of likely N-dealkylation sites (N-methyl/N-ethyl adjacent to an activating group) is 1. The summed E-state index contributed by atoms with van der Waals surface area (Å²) in [6.07, 6.45) is 1.24. The summed E-state index contributed by atoms with van der Waals surface area (Å²) in [4.78, 5) is 6.66. The lowest BCUT2D eigenvalue weighted by Gasteiger charge is -2.36. The first kappa shape index (κ1) is 15.7. The van der Waals surface area contributed by atoms with Crippen molar-refractivity contribution in [1.29, 1.82) is 0 Å². The summed E-state index contributed by atoms with van der Waals surface area (Å²) in [5.74, 6) is 3.32. The summed E-state index contributed by atoms with van der Waals surface area (Å²) in [7, 11) is 6.18. The van der Waals surface area contributed by atoms with Crippen LogP contribution in [0.3, 0.4) is 0 Å². The van der Waals surface area contributed by atoms with Crippen molar-refractivity contribution in [2.75, 3.05) is 39.2 Å². The van der Waals surface area contributed by atoms with Crippen molar-refractivity contribution in [1.82, 2.24) is 15.5 Å². The van der Waals surface area contributed by atoms with Crippen molar-refractivity contribution >= 4 is 29.1 Å². The molecule has 0 saturated carbocycles. The van der Waals surface area contributed by atoms with Gasteiger partial charge >= 0.3 is 0 Å². The van der Waals surface area contributed by atoms with Crippen LogP contribution in [0.25, 0.3) is 0 Å². The average Bonchev–Trinajstić information content (AvgIpc) is 3.10. The first-order valence-corrected chi connectivity index (χ1v) is 8.97. The van der Waals surface area contributed by atoms with E-state index in [-0.39, 0.29) is 5.54 Å². The van der Waals surface area contributed by atoms with Gasteiger partial charge in [-0.05, 0) is 48.7 Å². The van der Waals surface area contributed by atoms with Gasteiger partial charge in [-0.3, -0.25) is 4.99 Å². The van der Waals surface area contributed by atoms with Crippen LogP contribution in [0, 0.1) is 0 Å². The predicted octanol–water partition coefficient (Wildman–Crippen LogP) is 1.85. The Balaban J connectivity index is 1.84. The molecule has 0 aliphatic carbocycles. The van der Waals surface area contributed by atoms with Crippen LogP contribution in [0.1, 0.15) is 12.0 Å². The van der Waals surface area contributed by atoms with Gasteiger partial charge in [-0.25, -0.2) is 0 Å². The summed E-state index contributed by atoms with van der Waals surface area (Å²) in [6.45, 7) is 1.77. The van der Waals surface area contributed by atoms with Gasteiger partial charge in [-0.2, -0.15) is 23.1 Å². The summed E-state index contributed by atoms with van der Waals surface area (Å²) < 4.78 is 0. The molecule has 2 heterocycles. The lowest BCUT2D eigenvalue weighted by molar-refractivity contribution is 0.183. The largest absolute Gasteiger partial charge is 0.355 e. The van der Waals surface area contributed by atoms with Crippen LogP contribution >= 0.6 is 23.1 Å². The van der Waals surface area contributed by atoms with E-state index in [0.717, 1.165) is 19.0 Å². The van der Waals surface area contributed by atoms with E-state index >= 15 is 0 Å². The Morgan fingerprint density at radius 3 is 2.85 bits per heavy atom. The molecule has 1 aromatic rings. The summed E-state index contributed by atoms with van der Waals surface area (Å²) in [5, 5.41) is 11.1. The highest BCUT2D eigenvalue weighted by molar-refractivity contribution is 7.99. The first-order valence-electron chi connectivity index (χ1n) is 6.87. The monoisotopic (exact) mass is 312 g/mol. The quantitative estimate of drug-likeness (QED) is 0.643. The number of nitrogens with one attached hydrogen (secondary N) is 2. The Labute approximate surface area is 130 Å². The molecule has 20 heavy (non-hydrogen) atoms. The van der Waals surface area contributed by atoms with E-state index in [0.29, 0.717) is 0 Å². The summed E-state index contributed by atoms with van der Waals surface area (Å²) in [5.41, 5.74) is 1.56. The van der Waals surface area contributed by atoms with Gasteiger partial charge in [0, 0.05) is 31.4 Å². The lowest BCUT2D eigenvalue weighted by atomic mass is 9.97. The topological polar surface area (TPSA) is 39.7 Å². The van der Waals surface area contributed by atoms with Crippen LogP contribution in [0.4, 0.5) is 0 Å². The summed E-state index contributed by atoms with van der Waals surface area (Å²) in [6, 6.07) is 2.14. The Bertz CT molecular complexity index is 422. The number of hydrogen-bond donors (Lipinski definition) is 2. The molecule has 2 rings (SSSR count). The molecular weight excluding hydrogens is 288 g/mol. The summed E-state index contributed by atoms with van der Waals surface area (Å²) >= 11 is 3.77. The molecule has 1 atom stereocenters. The third-order valence-electron chi connectivity index (χ3n) is 3.88. The van der Waals surface area contributed by atoms with Gasteiger partial charge in [-0.1, -0.05) is 0 Å². The zero-order chi connectivity index (χ0) is 14.4. The highest BCUT2D eigenvalue weighted by Crippen LogP contribution is 2.31. The van der Waals surface area contributed by atoms with Crippen molar-refractivity contribution in [3.63, 3.8) is 0 Å². The maximum atomic E-state index is 4.31. The molecular formula is C14H24N4S2. The second-order valence-electron chi connectivity index (χ2n) is 5.33. The SMILES string of the molecule is CN=C(NCc1ccsc1)NCC1(N(C)C)CCSC1. The van der Waals surface area contributed by atoms with Gasteiger partial charge in [0.2, 0.25) is 0 Å². The molecule has 0 aromatic carbocycles. The molecule has 1 aliphatic rings. The van der Waals surface area contributed by atoms with Crippen molar-refractivity contribution in [3.8, 4) is 0 Å². The van der Waals surface area contributed by atoms with E-state index in [4.69, 9.17) is 0 Å². The van der Waals surface area contributed by atoms with Crippen LogP contribution < -0.4 is 10.6 Å². The number of hydrogen-bond acceptors (Lipinski definition) is 4. The molecule has 1 aromatic heterocycles. The molecule has 112 valence electrons. The number of thioether (sulfide) groups is 1.